The molecule has 2 aromatic heterocycles. The van der Waals surface area contributed by atoms with Gasteiger partial charge >= 0.3 is 0 Å². The summed E-state index contributed by atoms with van der Waals surface area (Å²) in [5.74, 6) is 0. The van der Waals surface area contributed by atoms with Gasteiger partial charge in [-0.15, -0.1) is 0 Å². The topological polar surface area (TPSA) is 30.2 Å². The number of nitrogens with zero attached hydrogens (tertiary/aromatic N) is 3. The second-order valence-corrected chi connectivity index (χ2v) is 7.27. The van der Waals surface area contributed by atoms with Gasteiger partial charge in [0, 0.05) is 23.4 Å². The van der Waals surface area contributed by atoms with Gasteiger partial charge in [0.25, 0.3) is 0 Å². The van der Waals surface area contributed by atoms with E-state index in [-0.39, 0.29) is 0 Å². The number of rotatable bonds is 2. The van der Waals surface area contributed by atoms with Crippen LogP contribution in [0.15, 0.2) is 103 Å². The first-order chi connectivity index (χ1) is 14.3. The monoisotopic (exact) mass is 371 g/mol. The second-order valence-electron chi connectivity index (χ2n) is 7.27. The molecule has 0 aliphatic rings. The number of hydrogen-bond donors (Lipinski definition) is 0. The highest BCUT2D eigenvalue weighted by atomic mass is 15.2. The first-order valence-electron chi connectivity index (χ1n) is 9.68. The summed E-state index contributed by atoms with van der Waals surface area (Å²) in [5, 5.41) is 9.63. The molecule has 4 aromatic carbocycles. The molecule has 3 nitrogen and oxygen atoms in total. The van der Waals surface area contributed by atoms with Crippen LogP contribution in [0.3, 0.4) is 0 Å². The first-order valence-corrected chi connectivity index (χ1v) is 9.68. The van der Waals surface area contributed by atoms with Gasteiger partial charge in [-0.25, -0.2) is 9.50 Å². The molecule has 6 aromatic rings. The molecule has 0 aliphatic heterocycles. The Bertz CT molecular complexity index is 1430. The SMILES string of the molecule is c1ccc2cc(-c3ccn4nc(-c5ccc6ccccc6c5)cc4n3)ccc2c1. The molecule has 0 spiro atoms. The van der Waals surface area contributed by atoms with Crippen LogP contribution in [0, 0.1) is 0 Å². The van der Waals surface area contributed by atoms with Crippen LogP contribution in [-0.2, 0) is 0 Å². The van der Waals surface area contributed by atoms with E-state index < -0.39 is 0 Å². The Labute approximate surface area is 167 Å². The summed E-state index contributed by atoms with van der Waals surface area (Å²) in [6, 6.07) is 33.7. The molecule has 6 rings (SSSR count). The Morgan fingerprint density at radius 3 is 1.76 bits per heavy atom. The van der Waals surface area contributed by atoms with Crippen molar-refractivity contribution >= 4 is 27.2 Å². The molecule has 3 heteroatoms. The predicted molar refractivity (Wildman–Crippen MR) is 119 cm³/mol. The third-order valence-electron chi connectivity index (χ3n) is 5.42. The maximum atomic E-state index is 4.86. The van der Waals surface area contributed by atoms with E-state index in [0.717, 1.165) is 28.2 Å². The average Bonchev–Trinajstić information content (AvgIpc) is 3.22. The lowest BCUT2D eigenvalue weighted by molar-refractivity contribution is 0.945. The molecular formula is C26H17N3. The maximum Gasteiger partial charge on any atom is 0.156 e. The zero-order valence-electron chi connectivity index (χ0n) is 15.7. The lowest BCUT2D eigenvalue weighted by atomic mass is 10.0. The fourth-order valence-corrected chi connectivity index (χ4v) is 3.88. The lowest BCUT2D eigenvalue weighted by Crippen LogP contribution is -1.92. The van der Waals surface area contributed by atoms with Crippen LogP contribution < -0.4 is 0 Å². The summed E-state index contributed by atoms with van der Waals surface area (Å²) >= 11 is 0. The highest BCUT2D eigenvalue weighted by molar-refractivity contribution is 5.88. The standard InChI is InChI=1S/C26H17N3/c1-3-7-20-15-22(11-9-18(20)5-1)24-13-14-29-26(27-24)17-25(28-29)23-12-10-19-6-2-4-8-21(19)16-23/h1-17H. The highest BCUT2D eigenvalue weighted by Crippen LogP contribution is 2.26. The molecule has 0 atom stereocenters. The summed E-state index contributed by atoms with van der Waals surface area (Å²) in [5.41, 5.74) is 4.94. The van der Waals surface area contributed by atoms with Gasteiger partial charge in [-0.3, -0.25) is 0 Å². The van der Waals surface area contributed by atoms with E-state index in [0.29, 0.717) is 0 Å². The quantitative estimate of drug-likeness (QED) is 0.354. The highest BCUT2D eigenvalue weighted by Gasteiger charge is 2.08. The van der Waals surface area contributed by atoms with Crippen molar-refractivity contribution in [3.8, 4) is 22.5 Å². The zero-order valence-corrected chi connectivity index (χ0v) is 15.7. The molecule has 0 N–H and O–H groups in total. The van der Waals surface area contributed by atoms with Crippen molar-refractivity contribution in [2.45, 2.75) is 0 Å². The van der Waals surface area contributed by atoms with Crippen LogP contribution in [0.1, 0.15) is 0 Å². The summed E-state index contributed by atoms with van der Waals surface area (Å²) in [6.07, 6.45) is 1.98. The van der Waals surface area contributed by atoms with E-state index in [9.17, 15) is 0 Å². The minimum absolute atomic E-state index is 0.846. The van der Waals surface area contributed by atoms with Gasteiger partial charge in [-0.1, -0.05) is 72.8 Å². The van der Waals surface area contributed by atoms with Gasteiger partial charge in [0.05, 0.1) is 11.4 Å². The lowest BCUT2D eigenvalue weighted by Gasteiger charge is -2.04. The molecule has 2 heterocycles. The third kappa shape index (κ3) is 2.75. The Morgan fingerprint density at radius 1 is 0.517 bits per heavy atom. The van der Waals surface area contributed by atoms with Crippen LogP contribution in [-0.4, -0.2) is 14.6 Å². The van der Waals surface area contributed by atoms with Crippen LogP contribution >= 0.6 is 0 Å². The van der Waals surface area contributed by atoms with Crippen molar-refractivity contribution in [2.75, 3.05) is 0 Å². The molecule has 0 amide bonds. The number of hydrogen-bond acceptors (Lipinski definition) is 2. The van der Waals surface area contributed by atoms with Crippen LogP contribution in [0.25, 0.3) is 49.7 Å². The second kappa shape index (κ2) is 6.28. The molecule has 0 radical (unpaired) electrons. The van der Waals surface area contributed by atoms with E-state index in [1.54, 1.807) is 0 Å². The summed E-state index contributed by atoms with van der Waals surface area (Å²) < 4.78 is 1.84. The van der Waals surface area contributed by atoms with Gasteiger partial charge in [0.2, 0.25) is 0 Å². The van der Waals surface area contributed by atoms with E-state index >= 15 is 0 Å². The predicted octanol–water partition coefficient (Wildman–Crippen LogP) is 6.37. The molecule has 0 bridgehead atoms. The molecule has 0 saturated heterocycles. The minimum atomic E-state index is 0.846. The Hall–Kier alpha value is -3.98. The fraction of sp³-hybridized carbons (Fsp3) is 0. The van der Waals surface area contributed by atoms with Crippen molar-refractivity contribution in [1.82, 2.24) is 14.6 Å². The Balaban J connectivity index is 1.44. The summed E-state index contributed by atoms with van der Waals surface area (Å²) in [4.78, 5) is 4.86. The molecule has 136 valence electrons. The van der Waals surface area contributed by atoms with E-state index in [2.05, 4.69) is 91.0 Å². The van der Waals surface area contributed by atoms with Crippen LogP contribution in [0.5, 0.6) is 0 Å². The Kier molecular flexibility index (Phi) is 3.47. The maximum absolute atomic E-state index is 4.86. The number of fused-ring (bicyclic) bond motifs is 3. The van der Waals surface area contributed by atoms with E-state index in [1.165, 1.54) is 21.5 Å². The molecular weight excluding hydrogens is 354 g/mol. The van der Waals surface area contributed by atoms with Crippen molar-refractivity contribution < 1.29 is 0 Å². The summed E-state index contributed by atoms with van der Waals surface area (Å²) in [6.45, 7) is 0. The molecule has 0 saturated carbocycles. The molecule has 29 heavy (non-hydrogen) atoms. The van der Waals surface area contributed by atoms with Crippen molar-refractivity contribution in [3.05, 3.63) is 103 Å². The average molecular weight is 371 g/mol. The minimum Gasteiger partial charge on any atom is -0.229 e. The number of benzene rings is 4. The molecule has 0 unspecified atom stereocenters. The van der Waals surface area contributed by atoms with E-state index in [4.69, 9.17) is 10.1 Å². The van der Waals surface area contributed by atoms with Gasteiger partial charge in [-0.2, -0.15) is 5.10 Å². The van der Waals surface area contributed by atoms with Crippen molar-refractivity contribution in [3.63, 3.8) is 0 Å². The fourth-order valence-electron chi connectivity index (χ4n) is 3.88. The molecule has 0 aliphatic carbocycles. The van der Waals surface area contributed by atoms with Crippen LogP contribution in [0.4, 0.5) is 0 Å². The first kappa shape index (κ1) is 16.0. The smallest absolute Gasteiger partial charge is 0.156 e. The number of aromatic nitrogens is 3. The van der Waals surface area contributed by atoms with Gasteiger partial charge in [-0.05, 0) is 39.7 Å². The van der Waals surface area contributed by atoms with Gasteiger partial charge < -0.3 is 0 Å². The van der Waals surface area contributed by atoms with Gasteiger partial charge in [0.1, 0.15) is 0 Å². The zero-order chi connectivity index (χ0) is 19.2. The van der Waals surface area contributed by atoms with Crippen LogP contribution in [0.2, 0.25) is 0 Å². The Morgan fingerprint density at radius 2 is 1.10 bits per heavy atom. The third-order valence-corrected chi connectivity index (χ3v) is 5.42. The van der Waals surface area contributed by atoms with Crippen molar-refractivity contribution in [1.29, 1.82) is 0 Å². The van der Waals surface area contributed by atoms with E-state index in [1.807, 2.05) is 16.8 Å². The largest absolute Gasteiger partial charge is 0.229 e. The van der Waals surface area contributed by atoms with Crippen molar-refractivity contribution in [2.24, 2.45) is 0 Å². The van der Waals surface area contributed by atoms with Gasteiger partial charge in [0.15, 0.2) is 5.65 Å². The molecule has 0 fully saturated rings. The normalized spacial score (nSPS) is 11.4. The summed E-state index contributed by atoms with van der Waals surface area (Å²) in [7, 11) is 0.